The van der Waals surface area contributed by atoms with Crippen LogP contribution in [0.15, 0.2) is 170 Å². The monoisotopic (exact) mass is 516 g/mol. The molecule has 0 aliphatic rings. The summed E-state index contributed by atoms with van der Waals surface area (Å²) in [6.45, 7) is 0. The first-order chi connectivity index (χ1) is 19.8. The largest absolute Gasteiger partial charge is 0.497 e. The minimum absolute atomic E-state index is 0.153. The van der Waals surface area contributed by atoms with Crippen LogP contribution >= 0.6 is 0 Å². The SMILES string of the molecule is COc1ccc(C(c2ccccc2)(c2ccccc2)c2ccc(C(c3ccccc3)c3ccccc3)cc2)cc1. The Morgan fingerprint density at radius 3 is 1.10 bits per heavy atom. The molecule has 0 unspecified atom stereocenters. The molecule has 1 heteroatoms. The van der Waals surface area contributed by atoms with E-state index in [1.165, 1.54) is 38.9 Å². The summed E-state index contributed by atoms with van der Waals surface area (Å²) in [4.78, 5) is 0. The van der Waals surface area contributed by atoms with E-state index in [1.54, 1.807) is 7.11 Å². The molecule has 0 heterocycles. The molecule has 0 saturated carbocycles. The third-order valence-corrected chi connectivity index (χ3v) is 7.88. The molecule has 0 fully saturated rings. The molecule has 0 N–H and O–H groups in total. The van der Waals surface area contributed by atoms with E-state index in [0.29, 0.717) is 0 Å². The van der Waals surface area contributed by atoms with Crippen LogP contribution in [0.25, 0.3) is 0 Å². The lowest BCUT2D eigenvalue weighted by atomic mass is 9.65. The topological polar surface area (TPSA) is 9.23 Å². The van der Waals surface area contributed by atoms with Crippen molar-refractivity contribution in [3.63, 3.8) is 0 Å². The zero-order valence-corrected chi connectivity index (χ0v) is 22.7. The molecule has 6 rings (SSSR count). The Balaban J connectivity index is 1.56. The molecule has 0 amide bonds. The summed E-state index contributed by atoms with van der Waals surface area (Å²) in [5.41, 5.74) is 8.21. The Kier molecular flexibility index (Phi) is 7.28. The van der Waals surface area contributed by atoms with E-state index < -0.39 is 5.41 Å². The maximum Gasteiger partial charge on any atom is 0.118 e. The average molecular weight is 517 g/mol. The maximum atomic E-state index is 5.53. The van der Waals surface area contributed by atoms with Crippen LogP contribution in [0.5, 0.6) is 5.75 Å². The van der Waals surface area contributed by atoms with Crippen molar-refractivity contribution in [3.05, 3.63) is 209 Å². The van der Waals surface area contributed by atoms with Gasteiger partial charge >= 0.3 is 0 Å². The first kappa shape index (κ1) is 25.4. The van der Waals surface area contributed by atoms with Crippen LogP contribution in [0.3, 0.4) is 0 Å². The van der Waals surface area contributed by atoms with Gasteiger partial charge in [-0.2, -0.15) is 0 Å². The summed E-state index contributed by atoms with van der Waals surface area (Å²) in [6.07, 6.45) is 0. The molecular weight excluding hydrogens is 484 g/mol. The molecular formula is C39H32O. The molecule has 0 atom stereocenters. The fourth-order valence-electron chi connectivity index (χ4n) is 6.01. The van der Waals surface area contributed by atoms with E-state index in [0.717, 1.165) is 5.75 Å². The molecule has 0 bridgehead atoms. The second kappa shape index (κ2) is 11.5. The molecule has 6 aromatic carbocycles. The average Bonchev–Trinajstić information content (AvgIpc) is 3.05. The van der Waals surface area contributed by atoms with Crippen molar-refractivity contribution < 1.29 is 4.74 Å². The van der Waals surface area contributed by atoms with Gasteiger partial charge in [-0.05, 0) is 51.1 Å². The van der Waals surface area contributed by atoms with E-state index in [-0.39, 0.29) is 5.92 Å². The smallest absolute Gasteiger partial charge is 0.118 e. The minimum Gasteiger partial charge on any atom is -0.497 e. The fraction of sp³-hybridized carbons (Fsp3) is 0.0769. The van der Waals surface area contributed by atoms with Gasteiger partial charge in [0.05, 0.1) is 12.5 Å². The molecule has 0 radical (unpaired) electrons. The molecule has 40 heavy (non-hydrogen) atoms. The van der Waals surface area contributed by atoms with E-state index in [1.807, 2.05) is 0 Å². The number of hydrogen-bond donors (Lipinski definition) is 0. The van der Waals surface area contributed by atoms with Crippen molar-refractivity contribution in [3.8, 4) is 5.75 Å². The zero-order valence-electron chi connectivity index (χ0n) is 22.7. The van der Waals surface area contributed by atoms with Crippen LogP contribution in [0, 0.1) is 0 Å². The molecule has 1 nitrogen and oxygen atoms in total. The summed E-state index contributed by atoms with van der Waals surface area (Å²) in [5.74, 6) is 1.00. The van der Waals surface area contributed by atoms with Crippen molar-refractivity contribution >= 4 is 0 Å². The number of ether oxygens (including phenoxy) is 1. The highest BCUT2D eigenvalue weighted by molar-refractivity contribution is 5.61. The van der Waals surface area contributed by atoms with Crippen LogP contribution < -0.4 is 4.74 Å². The standard InChI is InChI=1S/C39H32O/c1-40-37-28-26-36(27-29-37)39(33-18-10-4-11-19-33,34-20-12-5-13-21-34)35-24-22-32(23-25-35)38(30-14-6-2-7-15-30)31-16-8-3-9-17-31/h2-29,38H,1H3. The maximum absolute atomic E-state index is 5.53. The minimum atomic E-state index is -0.498. The quantitative estimate of drug-likeness (QED) is 0.183. The fourth-order valence-corrected chi connectivity index (χ4v) is 6.01. The summed E-state index contributed by atoms with van der Waals surface area (Å²) in [6, 6.07) is 61.0. The third-order valence-electron chi connectivity index (χ3n) is 7.88. The normalized spacial score (nSPS) is 11.3. The van der Waals surface area contributed by atoms with Crippen molar-refractivity contribution in [1.82, 2.24) is 0 Å². The van der Waals surface area contributed by atoms with Gasteiger partial charge < -0.3 is 4.74 Å². The number of benzene rings is 6. The van der Waals surface area contributed by atoms with E-state index in [9.17, 15) is 0 Å². The van der Waals surface area contributed by atoms with Crippen molar-refractivity contribution in [2.75, 3.05) is 7.11 Å². The predicted molar refractivity (Wildman–Crippen MR) is 165 cm³/mol. The van der Waals surface area contributed by atoms with Crippen molar-refractivity contribution in [2.24, 2.45) is 0 Å². The molecule has 0 aliphatic carbocycles. The Labute approximate surface area is 237 Å². The van der Waals surface area contributed by atoms with Gasteiger partial charge in [-0.15, -0.1) is 0 Å². The van der Waals surface area contributed by atoms with Crippen LogP contribution in [0.1, 0.15) is 44.9 Å². The summed E-state index contributed by atoms with van der Waals surface area (Å²) >= 11 is 0. The predicted octanol–water partition coefficient (Wildman–Crippen LogP) is 9.26. The van der Waals surface area contributed by atoms with Gasteiger partial charge in [0.1, 0.15) is 5.75 Å². The molecule has 0 spiro atoms. The van der Waals surface area contributed by atoms with Gasteiger partial charge in [0.2, 0.25) is 0 Å². The lowest BCUT2D eigenvalue weighted by molar-refractivity contribution is 0.414. The van der Waals surface area contributed by atoms with Gasteiger partial charge in [-0.1, -0.05) is 158 Å². The van der Waals surface area contributed by atoms with Gasteiger partial charge in [0.25, 0.3) is 0 Å². The Bertz CT molecular complexity index is 1540. The second-order valence-electron chi connectivity index (χ2n) is 10.1. The number of rotatable bonds is 8. The summed E-state index contributed by atoms with van der Waals surface area (Å²) in [5, 5.41) is 0. The highest BCUT2D eigenvalue weighted by Crippen LogP contribution is 2.46. The molecule has 0 aromatic heterocycles. The molecule has 6 aromatic rings. The highest BCUT2D eigenvalue weighted by Gasteiger charge is 2.38. The molecule has 194 valence electrons. The summed E-state index contributed by atoms with van der Waals surface area (Å²) in [7, 11) is 1.71. The van der Waals surface area contributed by atoms with Crippen molar-refractivity contribution in [1.29, 1.82) is 0 Å². The van der Waals surface area contributed by atoms with Gasteiger partial charge in [0.15, 0.2) is 0 Å². The van der Waals surface area contributed by atoms with Crippen LogP contribution in [-0.2, 0) is 5.41 Å². The lowest BCUT2D eigenvalue weighted by Crippen LogP contribution is -2.31. The van der Waals surface area contributed by atoms with Gasteiger partial charge in [-0.25, -0.2) is 0 Å². The van der Waals surface area contributed by atoms with Gasteiger partial charge in [-0.3, -0.25) is 0 Å². The first-order valence-electron chi connectivity index (χ1n) is 13.8. The Morgan fingerprint density at radius 2 is 0.700 bits per heavy atom. The van der Waals surface area contributed by atoms with E-state index in [2.05, 4.69) is 170 Å². The van der Waals surface area contributed by atoms with Crippen LogP contribution in [-0.4, -0.2) is 7.11 Å². The zero-order chi connectivity index (χ0) is 27.2. The second-order valence-corrected chi connectivity index (χ2v) is 10.1. The molecule has 0 aliphatic heterocycles. The Morgan fingerprint density at radius 1 is 0.375 bits per heavy atom. The first-order valence-corrected chi connectivity index (χ1v) is 13.8. The van der Waals surface area contributed by atoms with Gasteiger partial charge in [0, 0.05) is 5.92 Å². The molecule has 0 saturated heterocycles. The van der Waals surface area contributed by atoms with E-state index >= 15 is 0 Å². The Hall–Kier alpha value is -4.88. The summed E-state index contributed by atoms with van der Waals surface area (Å²) < 4.78 is 5.53. The number of hydrogen-bond acceptors (Lipinski definition) is 1. The number of methoxy groups -OCH3 is 1. The lowest BCUT2D eigenvalue weighted by Gasteiger charge is -2.37. The van der Waals surface area contributed by atoms with Crippen molar-refractivity contribution in [2.45, 2.75) is 11.3 Å². The van der Waals surface area contributed by atoms with Crippen LogP contribution in [0.2, 0.25) is 0 Å². The third kappa shape index (κ3) is 4.72. The highest BCUT2D eigenvalue weighted by atomic mass is 16.5. The van der Waals surface area contributed by atoms with Crippen LogP contribution in [0.4, 0.5) is 0 Å². The van der Waals surface area contributed by atoms with E-state index in [4.69, 9.17) is 4.74 Å².